The lowest BCUT2D eigenvalue weighted by atomic mass is 9.95. The maximum atomic E-state index is 11.5. The standard InChI is InChI=1S/C16H25NO3S/c1-3-9-12-13(14(18)19)21-15(17-12)16(20-4-2)10-7-5-6-8-11-16/h3-11H2,1-2H3,(H,18,19). The van der Waals surface area contributed by atoms with Crippen LogP contribution >= 0.6 is 11.3 Å². The highest BCUT2D eigenvalue weighted by molar-refractivity contribution is 7.13. The van der Waals surface area contributed by atoms with Gasteiger partial charge in [0.2, 0.25) is 0 Å². The first-order chi connectivity index (χ1) is 10.1. The number of aromatic carboxylic acids is 1. The second-order valence-electron chi connectivity index (χ2n) is 5.69. The van der Waals surface area contributed by atoms with E-state index in [-0.39, 0.29) is 5.60 Å². The van der Waals surface area contributed by atoms with Gasteiger partial charge in [0.1, 0.15) is 15.5 Å². The van der Waals surface area contributed by atoms with Crippen molar-refractivity contribution in [3.63, 3.8) is 0 Å². The minimum absolute atomic E-state index is 0.355. The maximum absolute atomic E-state index is 11.5. The third-order valence-electron chi connectivity index (χ3n) is 4.10. The lowest BCUT2D eigenvalue weighted by molar-refractivity contribution is -0.0560. The molecule has 21 heavy (non-hydrogen) atoms. The Kier molecular flexibility index (Phi) is 5.76. The van der Waals surface area contributed by atoms with E-state index in [4.69, 9.17) is 9.72 Å². The average molecular weight is 311 g/mol. The van der Waals surface area contributed by atoms with Crippen LogP contribution in [0.2, 0.25) is 0 Å². The number of thiazole rings is 1. The van der Waals surface area contributed by atoms with Crippen LogP contribution in [0.1, 0.15) is 79.2 Å². The van der Waals surface area contributed by atoms with E-state index in [1.165, 1.54) is 24.2 Å². The van der Waals surface area contributed by atoms with Gasteiger partial charge >= 0.3 is 5.97 Å². The molecule has 0 saturated heterocycles. The number of ether oxygens (including phenoxy) is 1. The zero-order valence-corrected chi connectivity index (χ0v) is 13.8. The molecule has 1 fully saturated rings. The van der Waals surface area contributed by atoms with Crippen LogP contribution in [0.15, 0.2) is 0 Å². The Morgan fingerprint density at radius 3 is 2.48 bits per heavy atom. The van der Waals surface area contributed by atoms with Crippen molar-refractivity contribution < 1.29 is 14.6 Å². The Bertz CT molecular complexity index is 476. The fourth-order valence-corrected chi connectivity index (χ4v) is 4.27. The molecule has 4 nitrogen and oxygen atoms in total. The Morgan fingerprint density at radius 1 is 1.29 bits per heavy atom. The molecule has 118 valence electrons. The summed E-state index contributed by atoms with van der Waals surface area (Å²) in [5.41, 5.74) is 0.375. The number of aromatic nitrogens is 1. The fourth-order valence-electron chi connectivity index (χ4n) is 3.12. The zero-order chi connectivity index (χ0) is 15.3. The molecule has 1 heterocycles. The molecule has 0 bridgehead atoms. The van der Waals surface area contributed by atoms with E-state index in [0.29, 0.717) is 11.5 Å². The normalized spacial score (nSPS) is 18.4. The Labute approximate surface area is 130 Å². The number of nitrogens with zero attached hydrogens (tertiary/aromatic N) is 1. The number of carbonyl (C=O) groups is 1. The van der Waals surface area contributed by atoms with Crippen molar-refractivity contribution in [2.45, 2.75) is 70.8 Å². The van der Waals surface area contributed by atoms with E-state index < -0.39 is 5.97 Å². The molecule has 0 amide bonds. The minimum atomic E-state index is -0.859. The fraction of sp³-hybridized carbons (Fsp3) is 0.750. The number of hydrogen-bond acceptors (Lipinski definition) is 4. The molecule has 5 heteroatoms. The van der Waals surface area contributed by atoms with Gasteiger partial charge in [-0.2, -0.15) is 0 Å². The van der Waals surface area contributed by atoms with Gasteiger partial charge < -0.3 is 9.84 Å². The summed E-state index contributed by atoms with van der Waals surface area (Å²) in [6, 6.07) is 0. The molecule has 2 rings (SSSR count). The molecule has 0 spiro atoms. The SMILES string of the molecule is CCCc1nc(C2(OCC)CCCCCC2)sc1C(=O)O. The smallest absolute Gasteiger partial charge is 0.347 e. The van der Waals surface area contributed by atoms with Gasteiger partial charge in [0.25, 0.3) is 0 Å². The quantitative estimate of drug-likeness (QED) is 0.792. The van der Waals surface area contributed by atoms with Crippen molar-refractivity contribution in [3.05, 3.63) is 15.6 Å². The van der Waals surface area contributed by atoms with Crippen molar-refractivity contribution in [2.75, 3.05) is 6.61 Å². The second-order valence-corrected chi connectivity index (χ2v) is 6.69. The molecule has 0 aromatic carbocycles. The molecule has 1 N–H and O–H groups in total. The van der Waals surface area contributed by atoms with Crippen LogP contribution in [0.25, 0.3) is 0 Å². The van der Waals surface area contributed by atoms with E-state index in [1.807, 2.05) is 6.92 Å². The van der Waals surface area contributed by atoms with Gasteiger partial charge in [0.05, 0.1) is 5.69 Å². The highest BCUT2D eigenvalue weighted by atomic mass is 32.1. The van der Waals surface area contributed by atoms with E-state index in [0.717, 1.165) is 49.2 Å². The topological polar surface area (TPSA) is 59.4 Å². The third kappa shape index (κ3) is 3.64. The van der Waals surface area contributed by atoms with Crippen molar-refractivity contribution >= 4 is 17.3 Å². The lowest BCUT2D eigenvalue weighted by Gasteiger charge is -2.30. The van der Waals surface area contributed by atoms with Gasteiger partial charge in [-0.1, -0.05) is 39.0 Å². The van der Waals surface area contributed by atoms with Crippen LogP contribution in [-0.4, -0.2) is 22.7 Å². The number of carboxylic acid groups (broad SMARTS) is 1. The van der Waals surface area contributed by atoms with Crippen molar-refractivity contribution in [3.8, 4) is 0 Å². The van der Waals surface area contributed by atoms with Crippen LogP contribution in [0.3, 0.4) is 0 Å². The molecule has 0 aliphatic heterocycles. The lowest BCUT2D eigenvalue weighted by Crippen LogP contribution is -2.29. The Hall–Kier alpha value is -0.940. The van der Waals surface area contributed by atoms with E-state index in [2.05, 4.69) is 6.92 Å². The number of aryl methyl sites for hydroxylation is 1. The molecule has 0 radical (unpaired) electrons. The number of hydrogen-bond donors (Lipinski definition) is 1. The average Bonchev–Trinajstić information content (AvgIpc) is 2.73. The van der Waals surface area contributed by atoms with Crippen LogP contribution in [0, 0.1) is 0 Å². The predicted octanol–water partition coefficient (Wildman–Crippen LogP) is 4.38. The summed E-state index contributed by atoms with van der Waals surface area (Å²) in [6.45, 7) is 4.70. The van der Waals surface area contributed by atoms with E-state index >= 15 is 0 Å². The molecular weight excluding hydrogens is 286 g/mol. The highest BCUT2D eigenvalue weighted by Gasteiger charge is 2.38. The largest absolute Gasteiger partial charge is 0.477 e. The van der Waals surface area contributed by atoms with E-state index in [9.17, 15) is 9.90 Å². The van der Waals surface area contributed by atoms with Crippen molar-refractivity contribution in [1.29, 1.82) is 0 Å². The van der Waals surface area contributed by atoms with Crippen molar-refractivity contribution in [1.82, 2.24) is 4.98 Å². The van der Waals surface area contributed by atoms with Crippen molar-refractivity contribution in [2.24, 2.45) is 0 Å². The molecule has 1 aliphatic rings. The summed E-state index contributed by atoms with van der Waals surface area (Å²) in [5.74, 6) is -0.859. The van der Waals surface area contributed by atoms with Gasteiger partial charge in [-0.15, -0.1) is 11.3 Å². The Morgan fingerprint density at radius 2 is 1.95 bits per heavy atom. The molecule has 1 aromatic heterocycles. The van der Waals surface area contributed by atoms with Crippen LogP contribution in [-0.2, 0) is 16.8 Å². The zero-order valence-electron chi connectivity index (χ0n) is 13.0. The summed E-state index contributed by atoms with van der Waals surface area (Å²) in [7, 11) is 0. The summed E-state index contributed by atoms with van der Waals surface area (Å²) in [4.78, 5) is 16.5. The summed E-state index contributed by atoms with van der Waals surface area (Å²) < 4.78 is 6.12. The maximum Gasteiger partial charge on any atom is 0.347 e. The number of carboxylic acids is 1. The molecule has 0 unspecified atom stereocenters. The first kappa shape index (κ1) is 16.4. The van der Waals surface area contributed by atoms with E-state index in [1.54, 1.807) is 0 Å². The minimum Gasteiger partial charge on any atom is -0.477 e. The predicted molar refractivity (Wildman–Crippen MR) is 84.1 cm³/mol. The first-order valence-electron chi connectivity index (χ1n) is 8.00. The van der Waals surface area contributed by atoms with Crippen LogP contribution in [0.5, 0.6) is 0 Å². The monoisotopic (exact) mass is 311 g/mol. The van der Waals surface area contributed by atoms with Gasteiger partial charge in [0.15, 0.2) is 0 Å². The van der Waals surface area contributed by atoms with Crippen LogP contribution < -0.4 is 0 Å². The number of rotatable bonds is 6. The summed E-state index contributed by atoms with van der Waals surface area (Å²) in [6.07, 6.45) is 8.27. The Balaban J connectivity index is 2.39. The molecule has 1 saturated carbocycles. The molecule has 1 aromatic rings. The third-order valence-corrected chi connectivity index (χ3v) is 5.37. The molecule has 1 aliphatic carbocycles. The first-order valence-corrected chi connectivity index (χ1v) is 8.82. The van der Waals surface area contributed by atoms with Gasteiger partial charge in [0, 0.05) is 6.61 Å². The molecular formula is C16H25NO3S. The highest BCUT2D eigenvalue weighted by Crippen LogP contribution is 2.42. The second kappa shape index (κ2) is 7.36. The van der Waals surface area contributed by atoms with Gasteiger partial charge in [-0.05, 0) is 26.2 Å². The summed E-state index contributed by atoms with van der Waals surface area (Å²) >= 11 is 1.33. The molecule has 0 atom stereocenters. The summed E-state index contributed by atoms with van der Waals surface area (Å²) in [5, 5.41) is 10.3. The van der Waals surface area contributed by atoms with Gasteiger partial charge in [-0.3, -0.25) is 0 Å². The van der Waals surface area contributed by atoms with Crippen LogP contribution in [0.4, 0.5) is 0 Å². The van der Waals surface area contributed by atoms with Gasteiger partial charge in [-0.25, -0.2) is 9.78 Å².